The number of Topliss-reactive ketones (excluding diaryl/α,β-unsaturated/α-hetero) is 1. The molecule has 0 aliphatic heterocycles. The number of ketones is 1. The van der Waals surface area contributed by atoms with E-state index in [9.17, 15) is 4.79 Å². The maximum Gasteiger partial charge on any atom is 0.185 e. The Kier molecular flexibility index (Phi) is 3.69. The SMILES string of the molecule is Cc1ccnc(C(=O)Cc2cccc(Br)c2)c1. The number of carbonyl (C=O) groups excluding carboxylic acids is 1. The van der Waals surface area contributed by atoms with Gasteiger partial charge in [0.25, 0.3) is 0 Å². The maximum absolute atomic E-state index is 12.0. The van der Waals surface area contributed by atoms with Gasteiger partial charge >= 0.3 is 0 Å². The van der Waals surface area contributed by atoms with Crippen molar-refractivity contribution < 1.29 is 4.79 Å². The van der Waals surface area contributed by atoms with Crippen LogP contribution in [0.3, 0.4) is 0 Å². The monoisotopic (exact) mass is 289 g/mol. The molecule has 0 atom stereocenters. The van der Waals surface area contributed by atoms with Crippen LogP contribution in [0.25, 0.3) is 0 Å². The molecular weight excluding hydrogens is 278 g/mol. The van der Waals surface area contributed by atoms with Gasteiger partial charge in [0.05, 0.1) is 0 Å². The summed E-state index contributed by atoms with van der Waals surface area (Å²) < 4.78 is 0.986. The Balaban J connectivity index is 2.17. The lowest BCUT2D eigenvalue weighted by Crippen LogP contribution is -2.06. The van der Waals surface area contributed by atoms with Crippen LogP contribution < -0.4 is 0 Å². The fourth-order valence-corrected chi connectivity index (χ4v) is 2.06. The van der Waals surface area contributed by atoms with Crippen LogP contribution in [0.2, 0.25) is 0 Å². The smallest absolute Gasteiger partial charge is 0.185 e. The first-order valence-corrected chi connectivity index (χ1v) is 6.15. The van der Waals surface area contributed by atoms with E-state index in [1.165, 1.54) is 0 Å². The zero-order valence-electron chi connectivity index (χ0n) is 9.48. The quantitative estimate of drug-likeness (QED) is 0.809. The molecule has 2 rings (SSSR count). The number of aryl methyl sites for hydroxylation is 1. The van der Waals surface area contributed by atoms with Crippen molar-refractivity contribution in [3.63, 3.8) is 0 Å². The van der Waals surface area contributed by atoms with E-state index in [0.717, 1.165) is 15.6 Å². The number of aromatic nitrogens is 1. The normalized spacial score (nSPS) is 10.2. The maximum atomic E-state index is 12.0. The van der Waals surface area contributed by atoms with Gasteiger partial charge in [-0.3, -0.25) is 9.78 Å². The molecule has 0 radical (unpaired) electrons. The first kappa shape index (κ1) is 12.0. The topological polar surface area (TPSA) is 30.0 Å². The van der Waals surface area contributed by atoms with Crippen molar-refractivity contribution in [2.75, 3.05) is 0 Å². The van der Waals surface area contributed by atoms with E-state index in [4.69, 9.17) is 0 Å². The van der Waals surface area contributed by atoms with Crippen LogP contribution in [0.15, 0.2) is 47.1 Å². The van der Waals surface area contributed by atoms with E-state index < -0.39 is 0 Å². The second-order valence-electron chi connectivity index (χ2n) is 3.95. The summed E-state index contributed by atoms with van der Waals surface area (Å²) in [7, 11) is 0. The van der Waals surface area contributed by atoms with E-state index >= 15 is 0 Å². The average molecular weight is 290 g/mol. The third-order valence-electron chi connectivity index (χ3n) is 2.45. The first-order valence-electron chi connectivity index (χ1n) is 5.35. The van der Waals surface area contributed by atoms with Crippen molar-refractivity contribution in [1.82, 2.24) is 4.98 Å². The molecule has 0 bridgehead atoms. The lowest BCUT2D eigenvalue weighted by atomic mass is 10.1. The van der Waals surface area contributed by atoms with Crippen molar-refractivity contribution in [3.8, 4) is 0 Å². The molecule has 0 saturated heterocycles. The van der Waals surface area contributed by atoms with Crippen molar-refractivity contribution in [2.45, 2.75) is 13.3 Å². The zero-order chi connectivity index (χ0) is 12.3. The Hall–Kier alpha value is -1.48. The predicted molar refractivity (Wildman–Crippen MR) is 71.2 cm³/mol. The molecule has 3 heteroatoms. The van der Waals surface area contributed by atoms with Gasteiger partial charge < -0.3 is 0 Å². The summed E-state index contributed by atoms with van der Waals surface area (Å²) in [5.74, 6) is 0.0480. The molecule has 0 N–H and O–H groups in total. The molecule has 0 amide bonds. The Labute approximate surface area is 109 Å². The van der Waals surface area contributed by atoms with Crippen LogP contribution >= 0.6 is 15.9 Å². The first-order chi connectivity index (χ1) is 8.15. The molecule has 0 saturated carbocycles. The lowest BCUT2D eigenvalue weighted by molar-refractivity contribution is 0.0988. The number of rotatable bonds is 3. The van der Waals surface area contributed by atoms with Gasteiger partial charge in [-0.25, -0.2) is 0 Å². The number of halogens is 1. The van der Waals surface area contributed by atoms with E-state index in [0.29, 0.717) is 12.1 Å². The fourth-order valence-electron chi connectivity index (χ4n) is 1.61. The zero-order valence-corrected chi connectivity index (χ0v) is 11.1. The number of benzene rings is 1. The average Bonchev–Trinajstić information content (AvgIpc) is 2.29. The van der Waals surface area contributed by atoms with Gasteiger partial charge in [-0.15, -0.1) is 0 Å². The van der Waals surface area contributed by atoms with Crippen LogP contribution in [0.4, 0.5) is 0 Å². The summed E-state index contributed by atoms with van der Waals surface area (Å²) in [6, 6.07) is 11.5. The van der Waals surface area contributed by atoms with Gasteiger partial charge in [0.15, 0.2) is 5.78 Å². The predicted octanol–water partition coefficient (Wildman–Crippen LogP) is 3.58. The molecule has 0 aliphatic carbocycles. The Bertz CT molecular complexity index is 551. The molecule has 0 unspecified atom stereocenters. The minimum absolute atomic E-state index is 0.0480. The van der Waals surface area contributed by atoms with E-state index in [1.807, 2.05) is 43.3 Å². The summed E-state index contributed by atoms with van der Waals surface area (Å²) in [5, 5.41) is 0. The van der Waals surface area contributed by atoms with Crippen molar-refractivity contribution in [3.05, 3.63) is 63.9 Å². The van der Waals surface area contributed by atoms with Crippen LogP contribution in [0.1, 0.15) is 21.6 Å². The fraction of sp³-hybridized carbons (Fsp3) is 0.143. The number of carbonyl (C=O) groups is 1. The molecule has 2 aromatic rings. The van der Waals surface area contributed by atoms with Crippen molar-refractivity contribution >= 4 is 21.7 Å². The van der Waals surface area contributed by atoms with Gasteiger partial charge in [-0.2, -0.15) is 0 Å². The third-order valence-corrected chi connectivity index (χ3v) is 2.95. The highest BCUT2D eigenvalue weighted by molar-refractivity contribution is 9.10. The molecule has 1 aromatic heterocycles. The number of nitrogens with zero attached hydrogens (tertiary/aromatic N) is 1. The molecule has 0 aliphatic rings. The van der Waals surface area contributed by atoms with Crippen LogP contribution in [-0.2, 0) is 6.42 Å². The highest BCUT2D eigenvalue weighted by atomic mass is 79.9. The highest BCUT2D eigenvalue weighted by Gasteiger charge is 2.08. The molecule has 2 nitrogen and oxygen atoms in total. The van der Waals surface area contributed by atoms with Gasteiger partial charge in [0.1, 0.15) is 5.69 Å². The largest absolute Gasteiger partial charge is 0.292 e. The lowest BCUT2D eigenvalue weighted by Gasteiger charge is -2.02. The molecule has 17 heavy (non-hydrogen) atoms. The Morgan fingerprint density at radius 2 is 2.12 bits per heavy atom. The molecule has 1 aromatic carbocycles. The second kappa shape index (κ2) is 5.23. The van der Waals surface area contributed by atoms with Crippen LogP contribution in [0.5, 0.6) is 0 Å². The minimum atomic E-state index is 0.0480. The number of pyridine rings is 1. The number of hydrogen-bond donors (Lipinski definition) is 0. The van der Waals surface area contributed by atoms with Crippen LogP contribution in [0, 0.1) is 6.92 Å². The van der Waals surface area contributed by atoms with Crippen molar-refractivity contribution in [2.24, 2.45) is 0 Å². The molecule has 1 heterocycles. The van der Waals surface area contributed by atoms with Crippen LogP contribution in [-0.4, -0.2) is 10.8 Å². The van der Waals surface area contributed by atoms with Crippen molar-refractivity contribution in [1.29, 1.82) is 0 Å². The summed E-state index contributed by atoms with van der Waals surface area (Å²) in [6.07, 6.45) is 2.05. The standard InChI is InChI=1S/C14H12BrNO/c1-10-5-6-16-13(7-10)14(17)9-11-3-2-4-12(15)8-11/h2-8H,9H2,1H3. The summed E-state index contributed by atoms with van der Waals surface area (Å²) in [5.41, 5.74) is 2.58. The summed E-state index contributed by atoms with van der Waals surface area (Å²) in [4.78, 5) is 16.1. The number of hydrogen-bond acceptors (Lipinski definition) is 2. The Morgan fingerprint density at radius 1 is 1.29 bits per heavy atom. The highest BCUT2D eigenvalue weighted by Crippen LogP contribution is 2.13. The Morgan fingerprint density at radius 3 is 2.82 bits per heavy atom. The van der Waals surface area contributed by atoms with Gasteiger partial charge in [0, 0.05) is 17.1 Å². The van der Waals surface area contributed by atoms with Gasteiger partial charge in [-0.05, 0) is 42.3 Å². The molecular formula is C14H12BrNO. The van der Waals surface area contributed by atoms with E-state index in [2.05, 4.69) is 20.9 Å². The van der Waals surface area contributed by atoms with Gasteiger partial charge in [-0.1, -0.05) is 28.1 Å². The molecule has 0 fully saturated rings. The second-order valence-corrected chi connectivity index (χ2v) is 4.86. The van der Waals surface area contributed by atoms with E-state index in [-0.39, 0.29) is 5.78 Å². The summed E-state index contributed by atoms with van der Waals surface area (Å²) in [6.45, 7) is 1.96. The van der Waals surface area contributed by atoms with E-state index in [1.54, 1.807) is 6.20 Å². The molecule has 0 spiro atoms. The molecule has 86 valence electrons. The summed E-state index contributed by atoms with van der Waals surface area (Å²) >= 11 is 3.39. The minimum Gasteiger partial charge on any atom is -0.292 e. The third kappa shape index (κ3) is 3.24. The van der Waals surface area contributed by atoms with Gasteiger partial charge in [0.2, 0.25) is 0 Å².